The van der Waals surface area contributed by atoms with Crippen LogP contribution in [0.25, 0.3) is 0 Å². The van der Waals surface area contributed by atoms with Crippen LogP contribution in [0.4, 0.5) is 0 Å². The molecule has 7 nitrogen and oxygen atoms in total. The lowest BCUT2D eigenvalue weighted by Gasteiger charge is -2.11. The Hall–Kier alpha value is -1.96. The van der Waals surface area contributed by atoms with Gasteiger partial charge in [-0.1, -0.05) is 0 Å². The van der Waals surface area contributed by atoms with Crippen LogP contribution in [0.2, 0.25) is 0 Å². The molecule has 8 heteroatoms. The predicted octanol–water partition coefficient (Wildman–Crippen LogP) is -0.224. The lowest BCUT2D eigenvalue weighted by atomic mass is 10.3. The minimum absolute atomic E-state index is 0.119. The van der Waals surface area contributed by atoms with E-state index in [9.17, 15) is 14.4 Å². The van der Waals surface area contributed by atoms with Gasteiger partial charge in [-0.2, -0.15) is 0 Å². The van der Waals surface area contributed by atoms with Gasteiger partial charge in [0.2, 0.25) is 11.9 Å². The van der Waals surface area contributed by atoms with Crippen molar-refractivity contribution in [3.8, 4) is 0 Å². The highest BCUT2D eigenvalue weighted by molar-refractivity contribution is 7.07. The van der Waals surface area contributed by atoms with Crippen LogP contribution in [0.3, 0.4) is 0 Å². The molecule has 0 fully saturated rings. The highest BCUT2D eigenvalue weighted by Crippen LogP contribution is 2.03. The summed E-state index contributed by atoms with van der Waals surface area (Å²) in [6.45, 7) is 0.995. The normalized spacial score (nSPS) is 11.6. The first kappa shape index (κ1) is 13.1. The molecule has 1 aromatic rings. The fourth-order valence-electron chi connectivity index (χ4n) is 0.962. The summed E-state index contributed by atoms with van der Waals surface area (Å²) in [5, 5.41) is 12.4. The Balaban J connectivity index is 2.53. The minimum Gasteiger partial charge on any atom is -0.479 e. The van der Waals surface area contributed by atoms with Crippen LogP contribution in [-0.4, -0.2) is 34.0 Å². The minimum atomic E-state index is -1.69. The molecule has 0 aliphatic rings. The van der Waals surface area contributed by atoms with Crippen LogP contribution in [0.1, 0.15) is 12.6 Å². The smallest absolute Gasteiger partial charge is 0.340 e. The third-order valence-electron chi connectivity index (χ3n) is 1.68. The van der Waals surface area contributed by atoms with Gasteiger partial charge in [-0.05, 0) is 0 Å². The first-order valence-electron chi connectivity index (χ1n) is 4.54. The van der Waals surface area contributed by atoms with Crippen molar-refractivity contribution in [2.75, 3.05) is 0 Å². The number of rotatable bonds is 5. The van der Waals surface area contributed by atoms with E-state index in [0.29, 0.717) is 5.69 Å². The fraction of sp³-hybridized carbons (Fsp3) is 0.333. The van der Waals surface area contributed by atoms with E-state index >= 15 is 0 Å². The van der Waals surface area contributed by atoms with Crippen molar-refractivity contribution in [3.63, 3.8) is 0 Å². The Bertz CT molecular complexity index is 417. The van der Waals surface area contributed by atoms with Crippen molar-refractivity contribution in [3.05, 3.63) is 16.6 Å². The molecular weight excluding hydrogens is 248 g/mol. The summed E-state index contributed by atoms with van der Waals surface area (Å²) >= 11 is 1.33. The number of aromatic nitrogens is 1. The Labute approximate surface area is 100 Å². The molecule has 0 aromatic carbocycles. The van der Waals surface area contributed by atoms with Crippen LogP contribution in [-0.2, 0) is 25.7 Å². The first-order chi connectivity index (χ1) is 8.00. The molecule has 1 heterocycles. The first-order valence-corrected chi connectivity index (χ1v) is 5.48. The van der Waals surface area contributed by atoms with Crippen molar-refractivity contribution in [1.29, 1.82) is 0 Å². The van der Waals surface area contributed by atoms with Gasteiger partial charge >= 0.3 is 11.9 Å². The van der Waals surface area contributed by atoms with Crippen molar-refractivity contribution >= 4 is 29.2 Å². The lowest BCUT2D eigenvalue weighted by molar-refractivity contribution is -0.157. The second-order valence-corrected chi connectivity index (χ2v) is 3.78. The van der Waals surface area contributed by atoms with Crippen LogP contribution >= 0.6 is 11.3 Å². The lowest BCUT2D eigenvalue weighted by Crippen LogP contribution is -2.46. The predicted molar refractivity (Wildman–Crippen MR) is 57.2 cm³/mol. The number of carboxylic acid groups (broad SMARTS) is 1. The molecule has 0 bridgehead atoms. The summed E-state index contributed by atoms with van der Waals surface area (Å²) < 4.78 is 4.72. The molecule has 17 heavy (non-hydrogen) atoms. The molecule has 0 saturated heterocycles. The third kappa shape index (κ3) is 4.19. The number of thiazole rings is 1. The van der Waals surface area contributed by atoms with Gasteiger partial charge in [0.15, 0.2) is 0 Å². The number of ether oxygens (including phenoxy) is 1. The average molecular weight is 258 g/mol. The molecule has 0 aliphatic carbocycles. The molecule has 0 saturated carbocycles. The molecule has 0 spiro atoms. The maximum absolute atomic E-state index is 11.4. The van der Waals surface area contributed by atoms with Gasteiger partial charge in [0.05, 0.1) is 11.2 Å². The molecule has 1 aromatic heterocycles. The van der Waals surface area contributed by atoms with E-state index in [1.165, 1.54) is 11.3 Å². The maximum Gasteiger partial charge on any atom is 0.340 e. The number of aliphatic carboxylic acids is 1. The van der Waals surface area contributed by atoms with E-state index in [4.69, 9.17) is 9.84 Å². The fourth-order valence-corrected chi connectivity index (χ4v) is 1.51. The number of carbonyl (C=O) groups is 3. The summed E-state index contributed by atoms with van der Waals surface area (Å²) in [7, 11) is 0. The topological polar surface area (TPSA) is 106 Å². The van der Waals surface area contributed by atoms with Crippen molar-refractivity contribution in [1.82, 2.24) is 10.3 Å². The Morgan fingerprint density at radius 2 is 2.29 bits per heavy atom. The van der Waals surface area contributed by atoms with Gasteiger partial charge in [0.25, 0.3) is 0 Å². The highest BCUT2D eigenvalue weighted by Gasteiger charge is 2.28. The van der Waals surface area contributed by atoms with E-state index in [-0.39, 0.29) is 6.61 Å². The van der Waals surface area contributed by atoms with Crippen LogP contribution in [0.5, 0.6) is 0 Å². The summed E-state index contributed by atoms with van der Waals surface area (Å²) in [5.74, 6) is -3.12. The molecular formula is C9H10N2O5S. The van der Waals surface area contributed by atoms with Gasteiger partial charge < -0.3 is 15.2 Å². The van der Waals surface area contributed by atoms with Crippen molar-refractivity contribution < 1.29 is 24.2 Å². The number of esters is 1. The van der Waals surface area contributed by atoms with E-state index < -0.39 is 23.9 Å². The quantitative estimate of drug-likeness (QED) is 0.558. The second kappa shape index (κ2) is 5.94. The number of hydrogen-bond donors (Lipinski definition) is 2. The molecule has 1 amide bonds. The van der Waals surface area contributed by atoms with Crippen LogP contribution in [0.15, 0.2) is 10.9 Å². The molecule has 1 atom stereocenters. The molecule has 1 rings (SSSR count). The standard InChI is InChI=1S/C9H10N2O5S/c1-5(12)11-7(8(13)14)9(15)16-2-6-3-17-4-10-6/h3-4,7H,2H2,1H3,(H,11,12)(H,13,14). The maximum atomic E-state index is 11.4. The van der Waals surface area contributed by atoms with Crippen LogP contribution in [0, 0.1) is 0 Å². The number of nitrogens with one attached hydrogen (secondary N) is 1. The SMILES string of the molecule is CC(=O)NC(C(=O)O)C(=O)OCc1cscn1. The Morgan fingerprint density at radius 3 is 2.76 bits per heavy atom. The molecule has 1 unspecified atom stereocenters. The van der Waals surface area contributed by atoms with Gasteiger partial charge in [0.1, 0.15) is 6.61 Å². The van der Waals surface area contributed by atoms with E-state index in [1.54, 1.807) is 10.9 Å². The van der Waals surface area contributed by atoms with E-state index in [2.05, 4.69) is 4.98 Å². The second-order valence-electron chi connectivity index (χ2n) is 3.06. The van der Waals surface area contributed by atoms with E-state index in [0.717, 1.165) is 6.92 Å². The largest absolute Gasteiger partial charge is 0.479 e. The summed E-state index contributed by atoms with van der Waals surface area (Å²) in [6, 6.07) is -1.69. The van der Waals surface area contributed by atoms with Gasteiger partial charge in [-0.15, -0.1) is 11.3 Å². The van der Waals surface area contributed by atoms with Gasteiger partial charge in [-0.25, -0.2) is 14.6 Å². The van der Waals surface area contributed by atoms with E-state index in [1.807, 2.05) is 5.32 Å². The average Bonchev–Trinajstić information content (AvgIpc) is 2.74. The summed E-state index contributed by atoms with van der Waals surface area (Å²) in [4.78, 5) is 36.6. The number of carboxylic acids is 1. The highest BCUT2D eigenvalue weighted by atomic mass is 32.1. The monoisotopic (exact) mass is 258 g/mol. The molecule has 92 valence electrons. The summed E-state index contributed by atoms with van der Waals surface area (Å²) in [5.41, 5.74) is 2.08. The zero-order valence-electron chi connectivity index (χ0n) is 8.87. The number of carbonyl (C=O) groups excluding carboxylic acids is 2. The van der Waals surface area contributed by atoms with Crippen LogP contribution < -0.4 is 5.32 Å². The van der Waals surface area contributed by atoms with Crippen molar-refractivity contribution in [2.45, 2.75) is 19.6 Å². The number of amides is 1. The summed E-state index contributed by atoms with van der Waals surface area (Å²) in [6.07, 6.45) is 0. The Kier molecular flexibility index (Phi) is 4.58. The van der Waals surface area contributed by atoms with Gasteiger partial charge in [0, 0.05) is 12.3 Å². The molecule has 0 radical (unpaired) electrons. The molecule has 0 aliphatic heterocycles. The number of nitrogens with zero attached hydrogens (tertiary/aromatic N) is 1. The van der Waals surface area contributed by atoms with Crippen molar-refractivity contribution in [2.24, 2.45) is 0 Å². The molecule has 2 N–H and O–H groups in total. The zero-order valence-corrected chi connectivity index (χ0v) is 9.69. The number of hydrogen-bond acceptors (Lipinski definition) is 6. The zero-order chi connectivity index (χ0) is 12.8. The third-order valence-corrected chi connectivity index (χ3v) is 2.31. The van der Waals surface area contributed by atoms with Gasteiger partial charge in [-0.3, -0.25) is 4.79 Å². The Morgan fingerprint density at radius 1 is 1.59 bits per heavy atom.